The van der Waals surface area contributed by atoms with Crippen LogP contribution in [0.3, 0.4) is 0 Å². The lowest BCUT2D eigenvalue weighted by molar-refractivity contribution is 0.0933. The lowest BCUT2D eigenvalue weighted by Gasteiger charge is -2.34. The molecule has 0 saturated heterocycles. The van der Waals surface area contributed by atoms with E-state index in [0.29, 0.717) is 24.2 Å². The van der Waals surface area contributed by atoms with E-state index < -0.39 is 5.91 Å². The molecule has 2 amide bonds. The first-order valence-corrected chi connectivity index (χ1v) is 12.8. The molecule has 1 N–H and O–H groups in total. The summed E-state index contributed by atoms with van der Waals surface area (Å²) in [6, 6.07) is 16.3. The summed E-state index contributed by atoms with van der Waals surface area (Å²) in [6.45, 7) is 8.66. The van der Waals surface area contributed by atoms with Crippen LogP contribution in [0.15, 0.2) is 67.1 Å². The number of nitrogens with zero attached hydrogens (tertiary/aromatic N) is 6. The summed E-state index contributed by atoms with van der Waals surface area (Å²) in [5.74, 6) is 0.0625. The van der Waals surface area contributed by atoms with Gasteiger partial charge < -0.3 is 10.2 Å². The minimum atomic E-state index is -0.454. The van der Waals surface area contributed by atoms with E-state index in [-0.39, 0.29) is 28.6 Å². The van der Waals surface area contributed by atoms with E-state index in [4.69, 9.17) is 5.26 Å². The highest BCUT2D eigenvalue weighted by Crippen LogP contribution is 2.28. The van der Waals surface area contributed by atoms with Crippen LogP contribution in [0.25, 0.3) is 0 Å². The van der Waals surface area contributed by atoms with E-state index in [9.17, 15) is 9.59 Å². The number of carbonyl (C=O) groups excluding carboxylic acids is 2. The highest BCUT2D eigenvalue weighted by atomic mass is 16.2. The maximum absolute atomic E-state index is 13.7. The Labute approximate surface area is 227 Å². The van der Waals surface area contributed by atoms with E-state index in [1.54, 1.807) is 33.8 Å². The number of aromatic nitrogens is 4. The van der Waals surface area contributed by atoms with Crippen molar-refractivity contribution in [3.8, 4) is 6.07 Å². The van der Waals surface area contributed by atoms with Gasteiger partial charge in [0.2, 0.25) is 0 Å². The van der Waals surface area contributed by atoms with Gasteiger partial charge in [-0.1, -0.05) is 39.0 Å². The van der Waals surface area contributed by atoms with Gasteiger partial charge in [0.25, 0.3) is 11.8 Å². The Balaban J connectivity index is 1.34. The van der Waals surface area contributed by atoms with Crippen LogP contribution >= 0.6 is 0 Å². The molecule has 4 aromatic rings. The zero-order chi connectivity index (χ0) is 27.7. The number of rotatable bonds is 5. The Morgan fingerprint density at radius 2 is 1.79 bits per heavy atom. The van der Waals surface area contributed by atoms with Gasteiger partial charge in [-0.3, -0.25) is 14.3 Å². The van der Waals surface area contributed by atoms with Crippen LogP contribution in [0, 0.1) is 11.3 Å². The molecule has 3 heterocycles. The second-order valence-corrected chi connectivity index (χ2v) is 10.8. The number of hydrogen-bond donors (Lipinski definition) is 1. The number of hydrogen-bond acceptors (Lipinski definition) is 6. The molecule has 0 aliphatic carbocycles. The average molecular weight is 520 g/mol. The van der Waals surface area contributed by atoms with Crippen LogP contribution in [-0.2, 0) is 18.4 Å². The largest absolute Gasteiger partial charge is 0.322 e. The molecule has 1 atom stereocenters. The van der Waals surface area contributed by atoms with Crippen molar-refractivity contribution in [2.24, 2.45) is 0 Å². The topological polar surface area (TPSA) is 117 Å². The second kappa shape index (κ2) is 10.1. The Morgan fingerprint density at radius 3 is 2.46 bits per heavy atom. The molecule has 0 radical (unpaired) electrons. The molecule has 1 aliphatic heterocycles. The predicted molar refractivity (Wildman–Crippen MR) is 148 cm³/mol. The molecule has 0 unspecified atom stereocenters. The third-order valence-electron chi connectivity index (χ3n) is 6.63. The molecule has 2 aromatic heterocycles. The van der Waals surface area contributed by atoms with Gasteiger partial charge >= 0.3 is 0 Å². The number of fused-ring (bicyclic) bond motifs is 1. The Morgan fingerprint density at radius 1 is 1.08 bits per heavy atom. The number of carbonyl (C=O) groups is 2. The fraction of sp³-hybridized carbons (Fsp3) is 0.267. The van der Waals surface area contributed by atoms with Gasteiger partial charge in [-0.05, 0) is 48.4 Å². The molecular weight excluding hydrogens is 490 g/mol. The number of nitrogens with one attached hydrogen (secondary N) is 1. The highest BCUT2D eigenvalue weighted by Gasteiger charge is 2.35. The highest BCUT2D eigenvalue weighted by molar-refractivity contribution is 6.15. The minimum Gasteiger partial charge on any atom is -0.322 e. The molecular formula is C30H29N7O2. The lowest BCUT2D eigenvalue weighted by Crippen LogP contribution is -2.47. The standard InChI is InChI=1S/C30H29N7O2/c1-19-18-36-26(25(17-34-36)27(38)35-23-7-5-6-21(13-23)14-31)28(39)37(19)24-10-8-20(9-11-24)12-22-15-32-29(33-16-22)30(2,3)4/h5-11,13,15-17,19H,12,18H2,1-4H3,(H,35,38)/t19-/m0/s1. The fourth-order valence-electron chi connectivity index (χ4n) is 4.64. The molecule has 0 bridgehead atoms. The van der Waals surface area contributed by atoms with Crippen molar-refractivity contribution < 1.29 is 9.59 Å². The molecule has 5 rings (SSSR count). The van der Waals surface area contributed by atoms with E-state index in [1.165, 1.54) is 6.20 Å². The molecule has 196 valence electrons. The Hall–Kier alpha value is -4.84. The summed E-state index contributed by atoms with van der Waals surface area (Å²) < 4.78 is 1.58. The average Bonchev–Trinajstić information content (AvgIpc) is 3.34. The summed E-state index contributed by atoms with van der Waals surface area (Å²) in [5, 5.41) is 16.2. The van der Waals surface area contributed by atoms with Crippen LogP contribution in [-0.4, -0.2) is 37.6 Å². The minimum absolute atomic E-state index is 0.101. The maximum atomic E-state index is 13.7. The van der Waals surface area contributed by atoms with Gasteiger partial charge in [0.1, 0.15) is 11.5 Å². The van der Waals surface area contributed by atoms with Crippen LogP contribution in [0.1, 0.15) is 71.1 Å². The van der Waals surface area contributed by atoms with Crippen molar-refractivity contribution >= 4 is 23.2 Å². The van der Waals surface area contributed by atoms with Crippen molar-refractivity contribution in [3.05, 3.63) is 101 Å². The van der Waals surface area contributed by atoms with Crippen LogP contribution in [0.2, 0.25) is 0 Å². The van der Waals surface area contributed by atoms with Crippen molar-refractivity contribution in [3.63, 3.8) is 0 Å². The first-order chi connectivity index (χ1) is 18.6. The third-order valence-corrected chi connectivity index (χ3v) is 6.63. The monoisotopic (exact) mass is 519 g/mol. The normalized spacial score (nSPS) is 15.0. The molecule has 1 aliphatic rings. The first kappa shape index (κ1) is 25.8. The smallest absolute Gasteiger partial charge is 0.277 e. The van der Waals surface area contributed by atoms with Crippen LogP contribution in [0.5, 0.6) is 0 Å². The summed E-state index contributed by atoms with van der Waals surface area (Å²) in [4.78, 5) is 37.5. The zero-order valence-corrected chi connectivity index (χ0v) is 22.3. The molecule has 39 heavy (non-hydrogen) atoms. The fourth-order valence-corrected chi connectivity index (χ4v) is 4.64. The van der Waals surface area contributed by atoms with Gasteiger partial charge in [0.15, 0.2) is 0 Å². The summed E-state index contributed by atoms with van der Waals surface area (Å²) in [7, 11) is 0. The van der Waals surface area contributed by atoms with E-state index >= 15 is 0 Å². The first-order valence-electron chi connectivity index (χ1n) is 12.8. The number of benzene rings is 2. The molecule has 9 heteroatoms. The molecule has 9 nitrogen and oxygen atoms in total. The summed E-state index contributed by atoms with van der Waals surface area (Å²) >= 11 is 0. The number of nitriles is 1. The second-order valence-electron chi connectivity index (χ2n) is 10.8. The summed E-state index contributed by atoms with van der Waals surface area (Å²) in [5.41, 5.74) is 4.06. The van der Waals surface area contributed by atoms with Gasteiger partial charge in [0.05, 0.1) is 36.0 Å². The third kappa shape index (κ3) is 5.27. The van der Waals surface area contributed by atoms with Gasteiger partial charge in [0, 0.05) is 35.6 Å². The van der Waals surface area contributed by atoms with Crippen molar-refractivity contribution in [1.29, 1.82) is 5.26 Å². The summed E-state index contributed by atoms with van der Waals surface area (Å²) in [6.07, 6.45) is 5.82. The lowest BCUT2D eigenvalue weighted by atomic mass is 9.95. The Bertz CT molecular complexity index is 1580. The maximum Gasteiger partial charge on any atom is 0.277 e. The van der Waals surface area contributed by atoms with Gasteiger partial charge in [-0.2, -0.15) is 10.4 Å². The van der Waals surface area contributed by atoms with E-state index in [2.05, 4.69) is 47.2 Å². The Kier molecular flexibility index (Phi) is 6.71. The van der Waals surface area contributed by atoms with Crippen molar-refractivity contribution in [2.75, 3.05) is 10.2 Å². The zero-order valence-electron chi connectivity index (χ0n) is 22.3. The number of anilines is 2. The molecule has 0 fully saturated rings. The van der Waals surface area contributed by atoms with E-state index in [1.807, 2.05) is 43.6 Å². The van der Waals surface area contributed by atoms with Crippen molar-refractivity contribution in [2.45, 2.75) is 52.1 Å². The molecule has 2 aromatic carbocycles. The molecule has 0 spiro atoms. The SMILES string of the molecule is C[C@H]1Cn2ncc(C(=O)Nc3cccc(C#N)c3)c2C(=O)N1c1ccc(Cc2cnc(C(C)(C)C)nc2)cc1. The van der Waals surface area contributed by atoms with Crippen LogP contribution < -0.4 is 10.2 Å². The van der Waals surface area contributed by atoms with Crippen molar-refractivity contribution in [1.82, 2.24) is 19.7 Å². The van der Waals surface area contributed by atoms with Gasteiger partial charge in [-0.25, -0.2) is 9.97 Å². The van der Waals surface area contributed by atoms with E-state index in [0.717, 1.165) is 22.6 Å². The van der Waals surface area contributed by atoms with Gasteiger partial charge in [-0.15, -0.1) is 0 Å². The quantitative estimate of drug-likeness (QED) is 0.407. The van der Waals surface area contributed by atoms with Crippen LogP contribution in [0.4, 0.5) is 11.4 Å². The predicted octanol–water partition coefficient (Wildman–Crippen LogP) is 4.73. The molecule has 0 saturated carbocycles. The number of amides is 2.